The summed E-state index contributed by atoms with van der Waals surface area (Å²) >= 11 is 0. The molecule has 1 aliphatic heterocycles. The van der Waals surface area contributed by atoms with E-state index in [1.54, 1.807) is 36.3 Å². The number of amides is 2. The van der Waals surface area contributed by atoms with Crippen molar-refractivity contribution in [1.82, 2.24) is 10.2 Å². The minimum absolute atomic E-state index is 0.0271. The lowest BCUT2D eigenvalue weighted by molar-refractivity contribution is -0.132. The normalized spacial score (nSPS) is 14.9. The molecule has 0 atom stereocenters. The van der Waals surface area contributed by atoms with Crippen molar-refractivity contribution in [3.05, 3.63) is 29.8 Å². The summed E-state index contributed by atoms with van der Waals surface area (Å²) < 4.78 is 9.91. The Kier molecular flexibility index (Phi) is 6.94. The van der Waals surface area contributed by atoms with E-state index >= 15 is 0 Å². The Morgan fingerprint density at radius 3 is 2.60 bits per heavy atom. The Morgan fingerprint density at radius 2 is 1.96 bits per heavy atom. The second-order valence-corrected chi connectivity index (χ2v) is 6.00. The zero-order chi connectivity index (χ0) is 18.2. The Morgan fingerprint density at radius 1 is 1.24 bits per heavy atom. The molecule has 1 heterocycles. The molecule has 25 heavy (non-hydrogen) atoms. The van der Waals surface area contributed by atoms with Gasteiger partial charge in [0.25, 0.3) is 5.91 Å². The largest absolute Gasteiger partial charge is 0.427 e. The minimum Gasteiger partial charge on any atom is -0.427 e. The number of piperidine rings is 1. The van der Waals surface area contributed by atoms with Gasteiger partial charge in [-0.2, -0.15) is 0 Å². The molecule has 0 bridgehead atoms. The molecule has 1 fully saturated rings. The number of carbonyl (C=O) groups excluding carboxylic acids is 3. The Bertz CT molecular complexity index is 624. The van der Waals surface area contributed by atoms with Crippen molar-refractivity contribution in [3.63, 3.8) is 0 Å². The maximum Gasteiger partial charge on any atom is 0.308 e. The molecule has 7 heteroatoms. The summed E-state index contributed by atoms with van der Waals surface area (Å²) in [6.07, 6.45) is 1.78. The summed E-state index contributed by atoms with van der Waals surface area (Å²) in [4.78, 5) is 37.1. The molecule has 1 aliphatic rings. The fourth-order valence-corrected chi connectivity index (χ4v) is 2.76. The summed E-state index contributed by atoms with van der Waals surface area (Å²) in [7, 11) is 1.56. The molecule has 0 aliphatic carbocycles. The number of hydrogen-bond donors (Lipinski definition) is 1. The predicted molar refractivity (Wildman–Crippen MR) is 91.3 cm³/mol. The highest BCUT2D eigenvalue weighted by atomic mass is 16.5. The van der Waals surface area contributed by atoms with E-state index in [0.29, 0.717) is 50.3 Å². The van der Waals surface area contributed by atoms with E-state index < -0.39 is 5.97 Å². The third kappa shape index (κ3) is 5.86. The lowest BCUT2D eigenvalue weighted by Gasteiger charge is -2.32. The highest BCUT2D eigenvalue weighted by molar-refractivity contribution is 5.94. The van der Waals surface area contributed by atoms with Crippen LogP contribution in [0.15, 0.2) is 24.3 Å². The van der Waals surface area contributed by atoms with Gasteiger partial charge in [-0.1, -0.05) is 6.07 Å². The van der Waals surface area contributed by atoms with Crippen LogP contribution in [-0.4, -0.2) is 55.5 Å². The van der Waals surface area contributed by atoms with Crippen LogP contribution in [0.25, 0.3) is 0 Å². The number of esters is 1. The Balaban J connectivity index is 1.87. The van der Waals surface area contributed by atoms with E-state index in [9.17, 15) is 14.4 Å². The molecule has 7 nitrogen and oxygen atoms in total. The van der Waals surface area contributed by atoms with E-state index in [0.717, 1.165) is 0 Å². The fourth-order valence-electron chi connectivity index (χ4n) is 2.76. The van der Waals surface area contributed by atoms with Gasteiger partial charge < -0.3 is 19.7 Å². The number of nitrogens with one attached hydrogen (secondary N) is 1. The monoisotopic (exact) mass is 348 g/mol. The maximum atomic E-state index is 12.6. The molecule has 0 saturated carbocycles. The van der Waals surface area contributed by atoms with Crippen molar-refractivity contribution in [2.45, 2.75) is 32.2 Å². The standard InChI is InChI=1S/C18H24N2O5/c1-13(21)25-16-5-3-4-14(12-16)18(23)20-9-6-15(7-10-20)19-17(22)8-11-24-2/h3-5,12,15H,6-11H2,1-2H3,(H,19,22). The van der Waals surface area contributed by atoms with Crippen LogP contribution in [-0.2, 0) is 14.3 Å². The first kappa shape index (κ1) is 18.9. The summed E-state index contributed by atoms with van der Waals surface area (Å²) in [5, 5.41) is 2.97. The number of carbonyl (C=O) groups is 3. The van der Waals surface area contributed by atoms with Gasteiger partial charge in [0.05, 0.1) is 6.61 Å². The van der Waals surface area contributed by atoms with Crippen LogP contribution < -0.4 is 10.1 Å². The van der Waals surface area contributed by atoms with Crippen LogP contribution in [0.4, 0.5) is 0 Å². The summed E-state index contributed by atoms with van der Waals surface area (Å²) in [5.41, 5.74) is 0.487. The first-order chi connectivity index (χ1) is 12.0. The van der Waals surface area contributed by atoms with Gasteiger partial charge in [0.1, 0.15) is 5.75 Å². The summed E-state index contributed by atoms with van der Waals surface area (Å²) in [6.45, 7) is 2.87. The zero-order valence-electron chi connectivity index (χ0n) is 14.6. The number of rotatable bonds is 6. The van der Waals surface area contributed by atoms with Crippen LogP contribution in [0.1, 0.15) is 36.5 Å². The summed E-state index contributed by atoms with van der Waals surface area (Å²) in [6, 6.07) is 6.69. The Hall–Kier alpha value is -2.41. The molecule has 1 N–H and O–H groups in total. The molecule has 1 saturated heterocycles. The first-order valence-electron chi connectivity index (χ1n) is 8.35. The second kappa shape index (κ2) is 9.17. The molecule has 1 aromatic carbocycles. The lowest BCUT2D eigenvalue weighted by atomic mass is 10.0. The predicted octanol–water partition coefficient (Wildman–Crippen LogP) is 1.37. The van der Waals surface area contributed by atoms with Crippen molar-refractivity contribution >= 4 is 17.8 Å². The van der Waals surface area contributed by atoms with Crippen molar-refractivity contribution in [2.75, 3.05) is 26.8 Å². The number of methoxy groups -OCH3 is 1. The SMILES string of the molecule is COCCC(=O)NC1CCN(C(=O)c2cccc(OC(C)=O)c2)CC1. The lowest BCUT2D eigenvalue weighted by Crippen LogP contribution is -2.46. The zero-order valence-corrected chi connectivity index (χ0v) is 14.6. The first-order valence-corrected chi connectivity index (χ1v) is 8.35. The van der Waals surface area contributed by atoms with E-state index in [-0.39, 0.29) is 17.9 Å². The third-order valence-corrected chi connectivity index (χ3v) is 4.02. The van der Waals surface area contributed by atoms with Crippen molar-refractivity contribution in [1.29, 1.82) is 0 Å². The number of benzene rings is 1. The van der Waals surface area contributed by atoms with E-state index in [2.05, 4.69) is 5.32 Å². The van der Waals surface area contributed by atoms with Gasteiger partial charge in [-0.05, 0) is 31.0 Å². The molecule has 0 unspecified atom stereocenters. The third-order valence-electron chi connectivity index (χ3n) is 4.02. The van der Waals surface area contributed by atoms with Crippen LogP contribution in [0.3, 0.4) is 0 Å². The molecule has 0 aromatic heterocycles. The van der Waals surface area contributed by atoms with Gasteiger partial charge >= 0.3 is 5.97 Å². The van der Waals surface area contributed by atoms with E-state index in [4.69, 9.17) is 9.47 Å². The van der Waals surface area contributed by atoms with Crippen molar-refractivity contribution in [3.8, 4) is 5.75 Å². The second-order valence-electron chi connectivity index (χ2n) is 6.00. The molecule has 1 aromatic rings. The average Bonchev–Trinajstić information content (AvgIpc) is 2.59. The molecule has 2 amide bonds. The smallest absolute Gasteiger partial charge is 0.308 e. The fraction of sp³-hybridized carbons (Fsp3) is 0.500. The van der Waals surface area contributed by atoms with Crippen molar-refractivity contribution in [2.24, 2.45) is 0 Å². The van der Waals surface area contributed by atoms with Crippen LogP contribution in [0.2, 0.25) is 0 Å². The number of hydrogen-bond acceptors (Lipinski definition) is 5. The molecular weight excluding hydrogens is 324 g/mol. The minimum atomic E-state index is -0.422. The highest BCUT2D eigenvalue weighted by Crippen LogP contribution is 2.18. The van der Waals surface area contributed by atoms with Gasteiger partial charge in [-0.15, -0.1) is 0 Å². The van der Waals surface area contributed by atoms with Gasteiger partial charge in [-0.3, -0.25) is 14.4 Å². The highest BCUT2D eigenvalue weighted by Gasteiger charge is 2.24. The molecule has 0 spiro atoms. The summed E-state index contributed by atoms with van der Waals surface area (Å²) in [5.74, 6) is -0.188. The Labute approximate surface area is 147 Å². The quantitative estimate of drug-likeness (QED) is 0.620. The van der Waals surface area contributed by atoms with Gasteiger partial charge in [-0.25, -0.2) is 0 Å². The number of likely N-dealkylation sites (tertiary alicyclic amines) is 1. The van der Waals surface area contributed by atoms with Gasteiger partial charge in [0.2, 0.25) is 5.91 Å². The van der Waals surface area contributed by atoms with Gasteiger partial charge in [0, 0.05) is 45.1 Å². The maximum absolute atomic E-state index is 12.6. The van der Waals surface area contributed by atoms with Crippen LogP contribution in [0, 0.1) is 0 Å². The topological polar surface area (TPSA) is 84.9 Å². The molecule has 2 rings (SSSR count). The number of nitrogens with zero attached hydrogens (tertiary/aromatic N) is 1. The van der Waals surface area contributed by atoms with E-state index in [1.165, 1.54) is 6.92 Å². The number of ether oxygens (including phenoxy) is 2. The van der Waals surface area contributed by atoms with Crippen LogP contribution >= 0.6 is 0 Å². The average molecular weight is 348 g/mol. The van der Waals surface area contributed by atoms with Crippen LogP contribution in [0.5, 0.6) is 5.75 Å². The van der Waals surface area contributed by atoms with Crippen molar-refractivity contribution < 1.29 is 23.9 Å². The molecular formula is C18H24N2O5. The molecule has 136 valence electrons. The van der Waals surface area contributed by atoms with Gasteiger partial charge in [0.15, 0.2) is 0 Å². The van der Waals surface area contributed by atoms with E-state index in [1.807, 2.05) is 0 Å². The molecule has 0 radical (unpaired) electrons.